The largest absolute Gasteiger partial charge is 0.378 e. The quantitative estimate of drug-likeness (QED) is 0.899. The molecule has 0 amide bonds. The molecule has 1 aromatic heterocycles. The van der Waals surface area contributed by atoms with E-state index in [0.29, 0.717) is 23.6 Å². The van der Waals surface area contributed by atoms with Gasteiger partial charge < -0.3 is 14.6 Å². The lowest BCUT2D eigenvalue weighted by Crippen LogP contribution is -2.63. The zero-order valence-electron chi connectivity index (χ0n) is 13.7. The molecule has 0 saturated heterocycles. The number of hydrogen-bond acceptors (Lipinski definition) is 4. The standard InChI is InChI=1S/C17H28N2O2/c1-5-20-15-10-14(17(15)8-6-7-9-17)18-11(2)16-12(3)19-21-13(16)4/h11,14-15,18H,5-10H2,1-4H3. The van der Waals surface area contributed by atoms with Crippen LogP contribution in [0.1, 0.15) is 69.0 Å². The van der Waals surface area contributed by atoms with Crippen molar-refractivity contribution >= 4 is 0 Å². The van der Waals surface area contributed by atoms with E-state index in [-0.39, 0.29) is 0 Å². The van der Waals surface area contributed by atoms with E-state index >= 15 is 0 Å². The Labute approximate surface area is 127 Å². The van der Waals surface area contributed by atoms with Crippen LogP contribution in [0.2, 0.25) is 0 Å². The van der Waals surface area contributed by atoms with Gasteiger partial charge in [-0.1, -0.05) is 18.0 Å². The molecule has 0 aliphatic heterocycles. The highest BCUT2D eigenvalue weighted by Crippen LogP contribution is 2.55. The van der Waals surface area contributed by atoms with Crippen LogP contribution >= 0.6 is 0 Å². The fraction of sp³-hybridized carbons (Fsp3) is 0.824. The van der Waals surface area contributed by atoms with Gasteiger partial charge in [0.15, 0.2) is 0 Å². The first-order valence-electron chi connectivity index (χ1n) is 8.39. The van der Waals surface area contributed by atoms with Crippen molar-refractivity contribution < 1.29 is 9.26 Å². The molecule has 1 N–H and O–H groups in total. The van der Waals surface area contributed by atoms with E-state index in [4.69, 9.17) is 9.26 Å². The smallest absolute Gasteiger partial charge is 0.138 e. The maximum atomic E-state index is 5.99. The topological polar surface area (TPSA) is 47.3 Å². The van der Waals surface area contributed by atoms with Crippen LogP contribution in [0.5, 0.6) is 0 Å². The first kappa shape index (κ1) is 15.0. The molecule has 3 atom stereocenters. The number of ether oxygens (including phenoxy) is 1. The van der Waals surface area contributed by atoms with Crippen molar-refractivity contribution in [3.63, 3.8) is 0 Å². The van der Waals surface area contributed by atoms with Crippen molar-refractivity contribution in [1.29, 1.82) is 0 Å². The summed E-state index contributed by atoms with van der Waals surface area (Å²) >= 11 is 0. The summed E-state index contributed by atoms with van der Waals surface area (Å²) in [5.41, 5.74) is 2.61. The predicted octanol–water partition coefficient (Wildman–Crippen LogP) is 3.68. The number of aromatic nitrogens is 1. The summed E-state index contributed by atoms with van der Waals surface area (Å²) in [5.74, 6) is 0.939. The summed E-state index contributed by atoms with van der Waals surface area (Å²) in [6.45, 7) is 9.19. The molecule has 2 fully saturated rings. The van der Waals surface area contributed by atoms with Gasteiger partial charge >= 0.3 is 0 Å². The third-order valence-electron chi connectivity index (χ3n) is 5.66. The van der Waals surface area contributed by atoms with Crippen LogP contribution in [0.25, 0.3) is 0 Å². The molecule has 118 valence electrons. The molecule has 1 aromatic rings. The molecule has 21 heavy (non-hydrogen) atoms. The first-order chi connectivity index (χ1) is 10.1. The molecule has 2 saturated carbocycles. The molecule has 4 nitrogen and oxygen atoms in total. The minimum Gasteiger partial charge on any atom is -0.378 e. The fourth-order valence-electron chi connectivity index (χ4n) is 4.61. The van der Waals surface area contributed by atoms with Crippen LogP contribution in [0.15, 0.2) is 4.52 Å². The number of aryl methyl sites for hydroxylation is 2. The Kier molecular flexibility index (Phi) is 4.10. The molecular formula is C17H28N2O2. The van der Waals surface area contributed by atoms with Gasteiger partial charge in [0, 0.05) is 29.7 Å². The van der Waals surface area contributed by atoms with E-state index in [2.05, 4.69) is 24.3 Å². The monoisotopic (exact) mass is 292 g/mol. The van der Waals surface area contributed by atoms with E-state index in [1.165, 1.54) is 31.2 Å². The van der Waals surface area contributed by atoms with Gasteiger partial charge in [0.2, 0.25) is 0 Å². The Morgan fingerprint density at radius 3 is 2.67 bits per heavy atom. The molecule has 3 unspecified atom stereocenters. The average molecular weight is 292 g/mol. The van der Waals surface area contributed by atoms with Crippen molar-refractivity contribution in [3.05, 3.63) is 17.0 Å². The summed E-state index contributed by atoms with van der Waals surface area (Å²) in [5, 5.41) is 7.92. The Hall–Kier alpha value is -0.870. The molecule has 4 heteroatoms. The first-order valence-corrected chi connectivity index (χ1v) is 8.39. The van der Waals surface area contributed by atoms with Crippen molar-refractivity contribution in [3.8, 4) is 0 Å². The fourth-order valence-corrected chi connectivity index (χ4v) is 4.61. The Morgan fingerprint density at radius 1 is 1.38 bits per heavy atom. The highest BCUT2D eigenvalue weighted by molar-refractivity contribution is 5.25. The van der Waals surface area contributed by atoms with Gasteiger partial charge in [0.1, 0.15) is 5.76 Å². The van der Waals surface area contributed by atoms with Crippen molar-refractivity contribution in [2.75, 3.05) is 6.61 Å². The van der Waals surface area contributed by atoms with Crippen LogP contribution in [0.3, 0.4) is 0 Å². The second-order valence-electron chi connectivity index (χ2n) is 6.80. The van der Waals surface area contributed by atoms with Gasteiger partial charge in [-0.05, 0) is 47.0 Å². The molecule has 0 aromatic carbocycles. The molecule has 2 aliphatic rings. The van der Waals surface area contributed by atoms with Crippen molar-refractivity contribution in [1.82, 2.24) is 10.5 Å². The van der Waals surface area contributed by atoms with Gasteiger partial charge in [0.05, 0.1) is 11.8 Å². The molecule has 1 spiro atoms. The molecule has 1 heterocycles. The lowest BCUT2D eigenvalue weighted by atomic mass is 9.60. The summed E-state index contributed by atoms with van der Waals surface area (Å²) in [4.78, 5) is 0. The number of nitrogens with one attached hydrogen (secondary N) is 1. The van der Waals surface area contributed by atoms with Gasteiger partial charge in [-0.25, -0.2) is 0 Å². The van der Waals surface area contributed by atoms with Gasteiger partial charge in [0.25, 0.3) is 0 Å². The van der Waals surface area contributed by atoms with Crippen LogP contribution in [0, 0.1) is 19.3 Å². The van der Waals surface area contributed by atoms with E-state index in [0.717, 1.165) is 24.5 Å². The summed E-state index contributed by atoms with van der Waals surface area (Å²) in [6, 6.07) is 0.863. The normalized spacial score (nSPS) is 28.8. The van der Waals surface area contributed by atoms with Gasteiger partial charge in [-0.15, -0.1) is 0 Å². The van der Waals surface area contributed by atoms with Crippen LogP contribution in [-0.2, 0) is 4.74 Å². The minimum absolute atomic E-state index is 0.293. The summed E-state index contributed by atoms with van der Waals surface area (Å²) in [6.07, 6.45) is 6.91. The molecule has 0 bridgehead atoms. The van der Waals surface area contributed by atoms with E-state index in [1.54, 1.807) is 0 Å². The summed E-state index contributed by atoms with van der Waals surface area (Å²) in [7, 11) is 0. The summed E-state index contributed by atoms with van der Waals surface area (Å²) < 4.78 is 11.3. The van der Waals surface area contributed by atoms with E-state index in [9.17, 15) is 0 Å². The zero-order valence-corrected chi connectivity index (χ0v) is 13.7. The highest BCUT2D eigenvalue weighted by atomic mass is 16.5. The zero-order chi connectivity index (χ0) is 15.0. The molecule has 0 radical (unpaired) electrons. The third kappa shape index (κ3) is 2.42. The molecular weight excluding hydrogens is 264 g/mol. The second kappa shape index (κ2) is 5.73. The Morgan fingerprint density at radius 2 is 2.10 bits per heavy atom. The number of hydrogen-bond donors (Lipinski definition) is 1. The maximum absolute atomic E-state index is 5.99. The molecule has 3 rings (SSSR count). The number of nitrogens with zero attached hydrogens (tertiary/aromatic N) is 1. The van der Waals surface area contributed by atoms with Crippen LogP contribution in [0.4, 0.5) is 0 Å². The van der Waals surface area contributed by atoms with Gasteiger partial charge in [-0.2, -0.15) is 0 Å². The minimum atomic E-state index is 0.293. The highest BCUT2D eigenvalue weighted by Gasteiger charge is 2.56. The van der Waals surface area contributed by atoms with Crippen molar-refractivity contribution in [2.24, 2.45) is 5.41 Å². The van der Waals surface area contributed by atoms with E-state index < -0.39 is 0 Å². The van der Waals surface area contributed by atoms with Crippen molar-refractivity contribution in [2.45, 2.75) is 78.0 Å². The second-order valence-corrected chi connectivity index (χ2v) is 6.80. The Balaban J connectivity index is 1.70. The SMILES string of the molecule is CCOC1CC(NC(C)c2c(C)noc2C)C12CCCC2. The lowest BCUT2D eigenvalue weighted by Gasteiger charge is -2.55. The van der Waals surface area contributed by atoms with Gasteiger partial charge in [-0.3, -0.25) is 0 Å². The maximum Gasteiger partial charge on any atom is 0.138 e. The van der Waals surface area contributed by atoms with Crippen LogP contribution in [-0.4, -0.2) is 23.9 Å². The third-order valence-corrected chi connectivity index (χ3v) is 5.66. The van der Waals surface area contributed by atoms with E-state index in [1.807, 2.05) is 13.8 Å². The lowest BCUT2D eigenvalue weighted by molar-refractivity contribution is -0.132. The van der Waals surface area contributed by atoms with Crippen LogP contribution < -0.4 is 5.32 Å². The number of rotatable bonds is 5. The molecule has 2 aliphatic carbocycles. The predicted molar refractivity (Wildman–Crippen MR) is 82.2 cm³/mol. The Bertz CT molecular complexity index is 471. The average Bonchev–Trinajstić information content (AvgIpc) is 3.07.